The van der Waals surface area contributed by atoms with Crippen LogP contribution in [0.4, 0.5) is 0 Å². The van der Waals surface area contributed by atoms with E-state index >= 15 is 0 Å². The van der Waals surface area contributed by atoms with Gasteiger partial charge in [0, 0.05) is 36.1 Å². The maximum atomic E-state index is 13.4. The van der Waals surface area contributed by atoms with E-state index in [1.807, 2.05) is 4.90 Å². The molecule has 1 aliphatic heterocycles. The molecular formula is C25H32N2O3. The molecule has 5 rings (SSSR count). The van der Waals surface area contributed by atoms with Gasteiger partial charge in [-0.2, -0.15) is 0 Å². The average Bonchev–Trinajstić information content (AvgIpc) is 3.50. The summed E-state index contributed by atoms with van der Waals surface area (Å²) in [5.74, 6) is 0.167. The van der Waals surface area contributed by atoms with Crippen LogP contribution >= 0.6 is 0 Å². The molecule has 1 aromatic carbocycles. The Labute approximate surface area is 177 Å². The SMILES string of the molecule is C[C@H](CC(=O)N1CCCC2C(C(=O)O)CCCC21)c1c[nH]c2cccc(C3CC3)c12. The summed E-state index contributed by atoms with van der Waals surface area (Å²) in [4.78, 5) is 30.6. The number of rotatable bonds is 5. The van der Waals surface area contributed by atoms with Crippen LogP contribution in [0.1, 0.15) is 81.3 Å². The van der Waals surface area contributed by atoms with Gasteiger partial charge in [-0.3, -0.25) is 9.59 Å². The number of benzene rings is 1. The van der Waals surface area contributed by atoms with Gasteiger partial charge >= 0.3 is 5.97 Å². The van der Waals surface area contributed by atoms with Crippen LogP contribution in [0.3, 0.4) is 0 Å². The lowest BCUT2D eigenvalue weighted by Gasteiger charge is -2.46. The zero-order valence-electron chi connectivity index (χ0n) is 17.8. The van der Waals surface area contributed by atoms with Crippen LogP contribution in [-0.2, 0) is 9.59 Å². The molecule has 2 aromatic rings. The first-order chi connectivity index (χ1) is 14.5. The van der Waals surface area contributed by atoms with Crippen molar-refractivity contribution in [2.24, 2.45) is 11.8 Å². The van der Waals surface area contributed by atoms with Crippen LogP contribution in [0.5, 0.6) is 0 Å². The van der Waals surface area contributed by atoms with E-state index in [0.717, 1.165) is 38.6 Å². The third-order valence-corrected chi connectivity index (χ3v) is 7.80. The number of aliphatic carboxylic acids is 1. The summed E-state index contributed by atoms with van der Waals surface area (Å²) in [6.45, 7) is 2.94. The molecule has 30 heavy (non-hydrogen) atoms. The number of carboxylic acid groups (broad SMARTS) is 1. The topological polar surface area (TPSA) is 73.4 Å². The van der Waals surface area contributed by atoms with Crippen LogP contribution in [0.15, 0.2) is 24.4 Å². The highest BCUT2D eigenvalue weighted by molar-refractivity contribution is 5.89. The number of carboxylic acids is 1. The Morgan fingerprint density at radius 3 is 2.77 bits per heavy atom. The van der Waals surface area contributed by atoms with Crippen molar-refractivity contribution in [1.82, 2.24) is 9.88 Å². The van der Waals surface area contributed by atoms with Crippen molar-refractivity contribution in [2.45, 2.75) is 76.2 Å². The number of aromatic nitrogens is 1. The van der Waals surface area contributed by atoms with Crippen molar-refractivity contribution >= 4 is 22.8 Å². The van der Waals surface area contributed by atoms with Gasteiger partial charge < -0.3 is 15.0 Å². The number of fused-ring (bicyclic) bond motifs is 2. The Hall–Kier alpha value is -2.30. The van der Waals surface area contributed by atoms with E-state index in [2.05, 4.69) is 36.3 Å². The minimum Gasteiger partial charge on any atom is -0.481 e. The molecule has 2 aliphatic carbocycles. The highest BCUT2D eigenvalue weighted by Gasteiger charge is 2.43. The quantitative estimate of drug-likeness (QED) is 0.729. The van der Waals surface area contributed by atoms with Gasteiger partial charge in [0.05, 0.1) is 5.92 Å². The molecule has 0 bridgehead atoms. The van der Waals surface area contributed by atoms with Gasteiger partial charge in [0.15, 0.2) is 0 Å². The van der Waals surface area contributed by atoms with Crippen molar-refractivity contribution in [3.63, 3.8) is 0 Å². The number of amides is 1. The van der Waals surface area contributed by atoms with Crippen LogP contribution in [0, 0.1) is 11.8 Å². The molecule has 5 nitrogen and oxygen atoms in total. The van der Waals surface area contributed by atoms with Gasteiger partial charge in [0.2, 0.25) is 5.91 Å². The lowest BCUT2D eigenvalue weighted by molar-refractivity contribution is -0.152. The molecule has 2 N–H and O–H groups in total. The zero-order valence-corrected chi connectivity index (χ0v) is 17.8. The van der Waals surface area contributed by atoms with E-state index in [1.165, 1.54) is 34.9 Å². The summed E-state index contributed by atoms with van der Waals surface area (Å²) in [5.41, 5.74) is 3.85. The number of carbonyl (C=O) groups is 2. The van der Waals surface area contributed by atoms with E-state index in [0.29, 0.717) is 12.3 Å². The third kappa shape index (κ3) is 3.42. The fraction of sp³-hybridized carbons (Fsp3) is 0.600. The summed E-state index contributed by atoms with van der Waals surface area (Å²) in [5, 5.41) is 11.0. The molecule has 0 spiro atoms. The van der Waals surface area contributed by atoms with Crippen molar-refractivity contribution in [1.29, 1.82) is 0 Å². The normalized spacial score (nSPS) is 27.6. The van der Waals surface area contributed by atoms with E-state index in [-0.39, 0.29) is 29.7 Å². The fourth-order valence-corrected chi connectivity index (χ4v) is 6.16. The van der Waals surface area contributed by atoms with Gasteiger partial charge in [0.25, 0.3) is 0 Å². The van der Waals surface area contributed by atoms with Gasteiger partial charge in [0.1, 0.15) is 0 Å². The predicted molar refractivity (Wildman–Crippen MR) is 117 cm³/mol. The number of piperidine rings is 1. The molecule has 5 heteroatoms. The van der Waals surface area contributed by atoms with Crippen molar-refractivity contribution < 1.29 is 14.7 Å². The second-order valence-electron chi connectivity index (χ2n) is 9.73. The molecule has 2 saturated carbocycles. The standard InChI is InChI=1S/C25H32N2O3/c1-15(20-14-26-21-8-2-5-17(24(20)21)16-10-11-16)13-23(28)27-12-4-7-18-19(25(29)30)6-3-9-22(18)27/h2,5,8,14-16,18-19,22,26H,3-4,6-7,9-13H2,1H3,(H,29,30)/t15-,18?,19?,22?/m1/s1. The second kappa shape index (κ2) is 7.75. The second-order valence-corrected chi connectivity index (χ2v) is 9.73. The summed E-state index contributed by atoms with van der Waals surface area (Å²) in [7, 11) is 0. The number of hydrogen-bond donors (Lipinski definition) is 2. The molecule has 3 aliphatic rings. The molecule has 160 valence electrons. The largest absolute Gasteiger partial charge is 0.481 e. The Morgan fingerprint density at radius 1 is 1.17 bits per heavy atom. The Balaban J connectivity index is 1.35. The molecule has 1 amide bonds. The summed E-state index contributed by atoms with van der Waals surface area (Å²) in [6, 6.07) is 6.61. The fourth-order valence-electron chi connectivity index (χ4n) is 6.16. The molecule has 0 radical (unpaired) electrons. The molecule has 3 unspecified atom stereocenters. The first kappa shape index (κ1) is 19.7. The minimum absolute atomic E-state index is 0.110. The van der Waals surface area contributed by atoms with Crippen molar-refractivity contribution in [3.05, 3.63) is 35.5 Å². The van der Waals surface area contributed by atoms with Gasteiger partial charge in [-0.15, -0.1) is 0 Å². The van der Waals surface area contributed by atoms with Gasteiger partial charge in [-0.25, -0.2) is 0 Å². The van der Waals surface area contributed by atoms with Crippen LogP contribution in [0.2, 0.25) is 0 Å². The summed E-state index contributed by atoms with van der Waals surface area (Å²) >= 11 is 0. The third-order valence-electron chi connectivity index (χ3n) is 7.80. The zero-order chi connectivity index (χ0) is 20.8. The summed E-state index contributed by atoms with van der Waals surface area (Å²) < 4.78 is 0. The highest BCUT2D eigenvalue weighted by Crippen LogP contribution is 2.45. The molecule has 1 saturated heterocycles. The van der Waals surface area contributed by atoms with E-state index < -0.39 is 5.97 Å². The van der Waals surface area contributed by atoms with E-state index in [4.69, 9.17) is 0 Å². The number of carbonyl (C=O) groups excluding carboxylic acids is 1. The number of H-pyrrole nitrogens is 1. The van der Waals surface area contributed by atoms with Crippen molar-refractivity contribution in [3.8, 4) is 0 Å². The van der Waals surface area contributed by atoms with E-state index in [1.54, 1.807) is 0 Å². The number of likely N-dealkylation sites (tertiary alicyclic amines) is 1. The Bertz CT molecular complexity index is 960. The minimum atomic E-state index is -0.682. The van der Waals surface area contributed by atoms with Crippen LogP contribution < -0.4 is 0 Å². The average molecular weight is 409 g/mol. The lowest BCUT2D eigenvalue weighted by atomic mass is 9.71. The maximum absolute atomic E-state index is 13.4. The van der Waals surface area contributed by atoms with Gasteiger partial charge in [-0.1, -0.05) is 25.5 Å². The Morgan fingerprint density at radius 2 is 2.00 bits per heavy atom. The monoisotopic (exact) mass is 408 g/mol. The Kier molecular flexibility index (Phi) is 5.08. The smallest absolute Gasteiger partial charge is 0.306 e. The molecule has 2 heterocycles. The molecular weight excluding hydrogens is 376 g/mol. The highest BCUT2D eigenvalue weighted by atomic mass is 16.4. The maximum Gasteiger partial charge on any atom is 0.306 e. The van der Waals surface area contributed by atoms with Crippen LogP contribution in [-0.4, -0.2) is 39.5 Å². The number of nitrogens with one attached hydrogen (secondary N) is 1. The molecule has 4 atom stereocenters. The first-order valence-electron chi connectivity index (χ1n) is 11.7. The van der Waals surface area contributed by atoms with Gasteiger partial charge in [-0.05, 0) is 73.5 Å². The number of hydrogen-bond acceptors (Lipinski definition) is 2. The summed E-state index contributed by atoms with van der Waals surface area (Å²) in [6.07, 6.45) is 9.59. The van der Waals surface area contributed by atoms with Crippen LogP contribution in [0.25, 0.3) is 10.9 Å². The number of nitrogens with zero attached hydrogens (tertiary/aromatic N) is 1. The first-order valence-corrected chi connectivity index (χ1v) is 11.7. The van der Waals surface area contributed by atoms with E-state index in [9.17, 15) is 14.7 Å². The lowest BCUT2D eigenvalue weighted by Crippen LogP contribution is -2.53. The van der Waals surface area contributed by atoms with Crippen molar-refractivity contribution in [2.75, 3.05) is 6.54 Å². The predicted octanol–water partition coefficient (Wildman–Crippen LogP) is 5.03. The molecule has 1 aromatic heterocycles. The molecule has 3 fully saturated rings. The number of aromatic amines is 1.